The summed E-state index contributed by atoms with van der Waals surface area (Å²) >= 11 is 0. The number of phenols is 1. The van der Waals surface area contributed by atoms with Crippen LogP contribution in [0.3, 0.4) is 0 Å². The predicted octanol–water partition coefficient (Wildman–Crippen LogP) is 9.17. The summed E-state index contributed by atoms with van der Waals surface area (Å²) in [4.78, 5) is 54.8. The minimum atomic E-state index is -1.64. The number of aromatic hydroxyl groups is 1. The Labute approximate surface area is 352 Å². The van der Waals surface area contributed by atoms with Crippen molar-refractivity contribution in [2.24, 2.45) is 11.8 Å². The normalized spacial score (nSPS) is 26.5. The lowest BCUT2D eigenvalue weighted by Gasteiger charge is -2.56. The van der Waals surface area contributed by atoms with Gasteiger partial charge in [0.25, 0.3) is 0 Å². The molecule has 1 saturated heterocycles. The number of hydrogen-bond acceptors (Lipinski definition) is 9. The summed E-state index contributed by atoms with van der Waals surface area (Å²) in [5, 5.41) is 12.1. The van der Waals surface area contributed by atoms with Crippen molar-refractivity contribution in [1.29, 1.82) is 0 Å². The average Bonchev–Trinajstić information content (AvgIpc) is 3.36. The topological polar surface area (TPSA) is 128 Å². The van der Waals surface area contributed by atoms with E-state index in [0.717, 1.165) is 23.1 Å². The molecule has 1 aromatic carbocycles. The standard InChI is InChI=1S/C50H55N3O7/c1-30(2)12-9-19-48(8)20-18-36-41(54)40-42(55)38-24-35-25-39-47(6,7)60-49(45(35)56,50(38,39)59-44(40)37(43(36)58-48)16-15-31(3)4)21-17-32(5)46(57)53(28-33-13-10-22-51-26-33)29-34-14-11-23-52-27-34/h10-15,17-18,20,22-24,26-27,35,39,54H,9,16,19,21,25,28-29H2,1-8H3/b32-17-. The summed E-state index contributed by atoms with van der Waals surface area (Å²) in [5.74, 6) is -1.31. The third-order valence-corrected chi connectivity index (χ3v) is 13.0. The number of carbonyl (C=O) groups excluding carboxylic acids is 3. The Bertz CT molecular complexity index is 2380. The van der Waals surface area contributed by atoms with Crippen molar-refractivity contribution >= 4 is 23.5 Å². The van der Waals surface area contributed by atoms with E-state index >= 15 is 4.79 Å². The van der Waals surface area contributed by atoms with Crippen LogP contribution in [-0.4, -0.2) is 59.9 Å². The minimum Gasteiger partial charge on any atom is -0.506 e. The Kier molecular flexibility index (Phi) is 10.4. The Morgan fingerprint density at radius 3 is 2.20 bits per heavy atom. The van der Waals surface area contributed by atoms with Gasteiger partial charge in [-0.3, -0.25) is 24.4 Å². The molecule has 10 heteroatoms. The first-order chi connectivity index (χ1) is 28.5. The van der Waals surface area contributed by atoms with Gasteiger partial charge >= 0.3 is 0 Å². The van der Waals surface area contributed by atoms with Crippen LogP contribution in [0.25, 0.3) is 6.08 Å². The second kappa shape index (κ2) is 15.1. The number of rotatable bonds is 12. The molecule has 2 aromatic heterocycles. The molecule has 10 nitrogen and oxygen atoms in total. The van der Waals surface area contributed by atoms with E-state index < -0.39 is 34.2 Å². The summed E-state index contributed by atoms with van der Waals surface area (Å²) in [6.45, 7) is 16.4. The highest BCUT2D eigenvalue weighted by molar-refractivity contribution is 6.19. The van der Waals surface area contributed by atoms with E-state index in [1.807, 2.05) is 71.0 Å². The maximum atomic E-state index is 15.2. The van der Waals surface area contributed by atoms with Crippen LogP contribution in [0.2, 0.25) is 0 Å². The molecule has 3 aliphatic heterocycles. The molecule has 5 unspecified atom stereocenters. The molecule has 1 amide bonds. The average molecular weight is 810 g/mol. The van der Waals surface area contributed by atoms with Crippen molar-refractivity contribution in [1.82, 2.24) is 14.9 Å². The van der Waals surface area contributed by atoms with Crippen LogP contribution in [0.4, 0.5) is 0 Å². The smallest absolute Gasteiger partial charge is 0.249 e. The second-order valence-corrected chi connectivity index (χ2v) is 18.3. The highest BCUT2D eigenvalue weighted by atomic mass is 16.6. The largest absolute Gasteiger partial charge is 0.506 e. The number of carbonyl (C=O) groups is 3. The molecule has 1 saturated carbocycles. The zero-order chi connectivity index (χ0) is 42.8. The van der Waals surface area contributed by atoms with Crippen molar-refractivity contribution in [3.05, 3.63) is 130 Å². The summed E-state index contributed by atoms with van der Waals surface area (Å²) < 4.78 is 21.3. The number of hydrogen-bond donors (Lipinski definition) is 1. The highest BCUT2D eigenvalue weighted by Gasteiger charge is 2.81. The number of ether oxygens (including phenoxy) is 3. The molecular weight excluding hydrogens is 755 g/mol. The molecule has 4 bridgehead atoms. The van der Waals surface area contributed by atoms with E-state index in [0.29, 0.717) is 60.4 Å². The maximum Gasteiger partial charge on any atom is 0.249 e. The molecule has 5 heterocycles. The molecule has 6 aliphatic rings. The quantitative estimate of drug-likeness (QED) is 0.141. The number of fused-ring (bicyclic) bond motifs is 2. The molecule has 1 N–H and O–H groups in total. The number of pyridine rings is 2. The molecule has 312 valence electrons. The number of amides is 1. The Hall–Kier alpha value is -5.61. The number of phenolic OH excluding ortho intramolecular Hbond substituents is 1. The number of nitrogens with zero attached hydrogens (tertiary/aromatic N) is 3. The first kappa shape index (κ1) is 41.1. The molecule has 9 rings (SSSR count). The minimum absolute atomic E-state index is 0.00465. The highest BCUT2D eigenvalue weighted by Crippen LogP contribution is 2.68. The molecule has 3 aromatic rings. The number of aromatic nitrogens is 2. The fourth-order valence-electron chi connectivity index (χ4n) is 10.0. The molecule has 60 heavy (non-hydrogen) atoms. The number of benzene rings is 1. The van der Waals surface area contributed by atoms with Crippen LogP contribution in [0.15, 0.2) is 102 Å². The van der Waals surface area contributed by atoms with Gasteiger partial charge in [-0.05, 0) is 116 Å². The first-order valence-electron chi connectivity index (χ1n) is 21.0. The SMILES string of the molecule is CC(C)=CCCC1(C)C=Cc2c(O)c3c(c(CC=C(C)C)c2O1)OC12C(=CC4CC1C(C)(C)OC2(C/C=C(/C)C(=O)N(Cc1cccnc1)Cc1cccnc1)C4=O)C3=O. The lowest BCUT2D eigenvalue weighted by molar-refractivity contribution is -0.171. The third kappa shape index (κ3) is 6.73. The molecule has 5 atom stereocenters. The third-order valence-electron chi connectivity index (χ3n) is 13.0. The van der Waals surface area contributed by atoms with Gasteiger partial charge in [0.05, 0.1) is 11.2 Å². The van der Waals surface area contributed by atoms with Gasteiger partial charge in [-0.15, -0.1) is 0 Å². The van der Waals surface area contributed by atoms with Gasteiger partial charge in [-0.25, -0.2) is 0 Å². The zero-order valence-corrected chi connectivity index (χ0v) is 35.9. The maximum absolute atomic E-state index is 15.2. The van der Waals surface area contributed by atoms with Crippen LogP contribution in [0.1, 0.15) is 114 Å². The zero-order valence-electron chi connectivity index (χ0n) is 35.9. The first-order valence-corrected chi connectivity index (χ1v) is 21.0. The fourth-order valence-corrected chi connectivity index (χ4v) is 10.0. The van der Waals surface area contributed by atoms with Crippen molar-refractivity contribution in [2.45, 2.75) is 123 Å². The lowest BCUT2D eigenvalue weighted by atomic mass is 9.51. The number of allylic oxidation sites excluding steroid dienone is 5. The van der Waals surface area contributed by atoms with Gasteiger partial charge in [0.15, 0.2) is 22.8 Å². The van der Waals surface area contributed by atoms with Gasteiger partial charge in [0.1, 0.15) is 28.4 Å². The van der Waals surface area contributed by atoms with E-state index in [1.165, 1.54) is 5.57 Å². The lowest BCUT2D eigenvalue weighted by Crippen LogP contribution is -2.72. The Morgan fingerprint density at radius 1 is 0.917 bits per heavy atom. The second-order valence-electron chi connectivity index (χ2n) is 18.3. The van der Waals surface area contributed by atoms with Crippen LogP contribution < -0.4 is 9.47 Å². The van der Waals surface area contributed by atoms with Gasteiger partial charge in [0, 0.05) is 72.8 Å². The fraction of sp³-hybridized carbons (Fsp3) is 0.420. The van der Waals surface area contributed by atoms with Crippen molar-refractivity contribution < 1.29 is 33.7 Å². The number of ketones is 2. The summed E-state index contributed by atoms with van der Waals surface area (Å²) in [7, 11) is 0. The summed E-state index contributed by atoms with van der Waals surface area (Å²) in [6.07, 6.45) is 20.7. The van der Waals surface area contributed by atoms with Crippen LogP contribution in [0.5, 0.6) is 17.2 Å². The molecular formula is C50H55N3O7. The van der Waals surface area contributed by atoms with Crippen LogP contribution in [0, 0.1) is 11.8 Å². The predicted molar refractivity (Wildman–Crippen MR) is 229 cm³/mol. The molecule has 3 aliphatic carbocycles. The monoisotopic (exact) mass is 809 g/mol. The van der Waals surface area contributed by atoms with Gasteiger partial charge in [-0.2, -0.15) is 0 Å². The Balaban J connectivity index is 1.23. The van der Waals surface area contributed by atoms with Crippen LogP contribution in [-0.2, 0) is 33.8 Å². The van der Waals surface area contributed by atoms with E-state index in [2.05, 4.69) is 36.0 Å². The summed E-state index contributed by atoms with van der Waals surface area (Å²) in [5.41, 5.74) is 1.14. The molecule has 2 fully saturated rings. The molecule has 1 spiro atoms. The van der Waals surface area contributed by atoms with Gasteiger partial charge in [-0.1, -0.05) is 47.6 Å². The van der Waals surface area contributed by atoms with E-state index in [4.69, 9.17) is 14.2 Å². The van der Waals surface area contributed by atoms with Crippen molar-refractivity contribution in [2.75, 3.05) is 0 Å². The van der Waals surface area contributed by atoms with Crippen molar-refractivity contribution in [3.63, 3.8) is 0 Å². The van der Waals surface area contributed by atoms with Gasteiger partial charge < -0.3 is 24.2 Å². The van der Waals surface area contributed by atoms with E-state index in [1.54, 1.807) is 48.8 Å². The van der Waals surface area contributed by atoms with Crippen molar-refractivity contribution in [3.8, 4) is 17.2 Å². The Morgan fingerprint density at radius 2 is 1.58 bits per heavy atom. The van der Waals surface area contributed by atoms with E-state index in [9.17, 15) is 14.7 Å². The van der Waals surface area contributed by atoms with Crippen LogP contribution >= 0.6 is 0 Å². The number of Topliss-reactive ketones (excluding diaryl/α,β-unsaturated/α-hetero) is 2. The van der Waals surface area contributed by atoms with E-state index in [-0.39, 0.29) is 41.0 Å². The molecule has 0 radical (unpaired) electrons. The summed E-state index contributed by atoms with van der Waals surface area (Å²) in [6, 6.07) is 7.53. The van der Waals surface area contributed by atoms with Gasteiger partial charge in [0.2, 0.25) is 5.91 Å².